The Labute approximate surface area is 205 Å². The van der Waals surface area contributed by atoms with E-state index in [9.17, 15) is 8.42 Å². The third kappa shape index (κ3) is 4.86. The zero-order valence-electron chi connectivity index (χ0n) is 20.2. The summed E-state index contributed by atoms with van der Waals surface area (Å²) in [6.07, 6.45) is 11.6. The molecule has 0 unspecified atom stereocenters. The molecule has 182 valence electrons. The van der Waals surface area contributed by atoms with Crippen LogP contribution in [0.25, 0.3) is 16.7 Å². The normalized spacial score (nSPS) is 15.0. The summed E-state index contributed by atoms with van der Waals surface area (Å²) >= 11 is 0. The van der Waals surface area contributed by atoms with E-state index in [-0.39, 0.29) is 6.10 Å². The van der Waals surface area contributed by atoms with Gasteiger partial charge in [-0.05, 0) is 54.8 Å². The highest BCUT2D eigenvalue weighted by molar-refractivity contribution is 7.90. The van der Waals surface area contributed by atoms with Crippen molar-refractivity contribution in [3.63, 3.8) is 0 Å². The molecule has 4 heterocycles. The summed E-state index contributed by atoms with van der Waals surface area (Å²) in [6, 6.07) is 9.06. The first-order chi connectivity index (χ1) is 16.8. The van der Waals surface area contributed by atoms with Gasteiger partial charge in [-0.1, -0.05) is 6.92 Å². The molecule has 8 nitrogen and oxygen atoms in total. The lowest BCUT2D eigenvalue weighted by Crippen LogP contribution is -2.39. The van der Waals surface area contributed by atoms with E-state index in [0.29, 0.717) is 4.90 Å². The Morgan fingerprint density at radius 2 is 1.77 bits per heavy atom. The second kappa shape index (κ2) is 9.30. The Balaban J connectivity index is 1.25. The topological polar surface area (TPSA) is 90.2 Å². The van der Waals surface area contributed by atoms with Crippen molar-refractivity contribution in [2.75, 3.05) is 24.2 Å². The van der Waals surface area contributed by atoms with Crippen LogP contribution in [0, 0.1) is 6.92 Å². The van der Waals surface area contributed by atoms with Crippen molar-refractivity contribution < 1.29 is 13.2 Å². The SMILES string of the molecule is CCc1cnc(N2CCC(Oc3ccc(-n4cc(C)c5cc(S(C)(=O)=O)ccc54)nc3)CC2)nc1. The maximum absolute atomic E-state index is 11.9. The second-order valence-corrected chi connectivity index (χ2v) is 11.1. The van der Waals surface area contributed by atoms with Gasteiger partial charge in [-0.2, -0.15) is 0 Å². The van der Waals surface area contributed by atoms with Crippen LogP contribution in [0.5, 0.6) is 5.75 Å². The minimum absolute atomic E-state index is 0.123. The Morgan fingerprint density at radius 1 is 1.03 bits per heavy atom. The van der Waals surface area contributed by atoms with Gasteiger partial charge in [0.05, 0.1) is 16.6 Å². The Hall–Kier alpha value is -3.46. The van der Waals surface area contributed by atoms with E-state index in [1.165, 1.54) is 6.26 Å². The molecule has 0 saturated carbocycles. The van der Waals surface area contributed by atoms with Gasteiger partial charge in [0.1, 0.15) is 17.7 Å². The van der Waals surface area contributed by atoms with Crippen molar-refractivity contribution in [1.82, 2.24) is 19.5 Å². The van der Waals surface area contributed by atoms with Crippen molar-refractivity contribution >= 4 is 26.7 Å². The molecule has 0 spiro atoms. The number of ether oxygens (including phenoxy) is 1. The number of fused-ring (bicyclic) bond motifs is 1. The number of rotatable bonds is 6. The van der Waals surface area contributed by atoms with Gasteiger partial charge in [0.2, 0.25) is 5.95 Å². The van der Waals surface area contributed by atoms with Gasteiger partial charge in [-0.3, -0.25) is 0 Å². The lowest BCUT2D eigenvalue weighted by atomic mass is 10.1. The smallest absolute Gasteiger partial charge is 0.225 e. The molecular weight excluding hydrogens is 462 g/mol. The molecule has 1 aliphatic heterocycles. The summed E-state index contributed by atoms with van der Waals surface area (Å²) in [5.41, 5.74) is 3.05. The lowest BCUT2D eigenvalue weighted by Gasteiger charge is -2.32. The minimum atomic E-state index is -3.26. The first-order valence-corrected chi connectivity index (χ1v) is 13.7. The monoisotopic (exact) mass is 491 g/mol. The number of hydrogen-bond donors (Lipinski definition) is 0. The molecule has 1 fully saturated rings. The van der Waals surface area contributed by atoms with Crippen LogP contribution in [-0.4, -0.2) is 53.4 Å². The molecule has 0 N–H and O–H groups in total. The largest absolute Gasteiger partial charge is 0.489 e. The van der Waals surface area contributed by atoms with Crippen molar-refractivity contribution in [2.45, 2.75) is 44.1 Å². The summed E-state index contributed by atoms with van der Waals surface area (Å²) < 4.78 is 32.1. The first-order valence-electron chi connectivity index (χ1n) is 11.8. The highest BCUT2D eigenvalue weighted by atomic mass is 32.2. The molecular formula is C26H29N5O3S. The van der Waals surface area contributed by atoms with Crippen molar-refractivity contribution in [1.29, 1.82) is 0 Å². The van der Waals surface area contributed by atoms with Crippen molar-refractivity contribution in [3.8, 4) is 11.6 Å². The zero-order chi connectivity index (χ0) is 24.6. The summed E-state index contributed by atoms with van der Waals surface area (Å²) in [6.45, 7) is 5.77. The third-order valence-corrected chi connectivity index (χ3v) is 7.61. The molecule has 35 heavy (non-hydrogen) atoms. The van der Waals surface area contributed by atoms with Gasteiger partial charge < -0.3 is 14.2 Å². The second-order valence-electron chi connectivity index (χ2n) is 9.03. The Morgan fingerprint density at radius 3 is 2.40 bits per heavy atom. The highest BCUT2D eigenvalue weighted by Gasteiger charge is 2.22. The van der Waals surface area contributed by atoms with E-state index < -0.39 is 9.84 Å². The van der Waals surface area contributed by atoms with E-state index >= 15 is 0 Å². The summed E-state index contributed by atoms with van der Waals surface area (Å²) in [5, 5.41) is 0.898. The maximum atomic E-state index is 11.9. The fourth-order valence-electron chi connectivity index (χ4n) is 4.44. The van der Waals surface area contributed by atoms with Gasteiger partial charge in [0.15, 0.2) is 9.84 Å². The number of sulfone groups is 1. The summed E-state index contributed by atoms with van der Waals surface area (Å²) in [4.78, 5) is 16.1. The fraction of sp³-hybridized carbons (Fsp3) is 0.346. The molecule has 3 aromatic heterocycles. The van der Waals surface area contributed by atoms with Gasteiger partial charge in [-0.15, -0.1) is 0 Å². The number of pyridine rings is 1. The standard InChI is InChI=1S/C26H29N5O3S/c1-4-19-14-28-26(29-15-19)30-11-9-20(10-12-30)34-21-5-8-25(27-16-21)31-17-18(2)23-13-22(35(3,32)33)6-7-24(23)31/h5-8,13-17,20H,4,9-12H2,1-3H3. The van der Waals surface area contributed by atoms with Gasteiger partial charge in [0, 0.05) is 56.2 Å². The Kier molecular flexibility index (Phi) is 6.19. The van der Waals surface area contributed by atoms with Crippen LogP contribution in [0.4, 0.5) is 5.95 Å². The number of benzene rings is 1. The lowest BCUT2D eigenvalue weighted by molar-refractivity contribution is 0.170. The molecule has 9 heteroatoms. The van der Waals surface area contributed by atoms with Crippen LogP contribution in [0.2, 0.25) is 0 Å². The maximum Gasteiger partial charge on any atom is 0.225 e. The number of piperidine rings is 1. The minimum Gasteiger partial charge on any atom is -0.489 e. The van der Waals surface area contributed by atoms with Gasteiger partial charge in [-0.25, -0.2) is 23.4 Å². The van der Waals surface area contributed by atoms with E-state index in [4.69, 9.17) is 4.74 Å². The molecule has 1 aliphatic rings. The quantitative estimate of drug-likeness (QED) is 0.400. The first kappa shape index (κ1) is 23.3. The third-order valence-electron chi connectivity index (χ3n) is 6.50. The number of aryl methyl sites for hydroxylation is 2. The summed E-state index contributed by atoms with van der Waals surface area (Å²) in [5.74, 6) is 2.28. The van der Waals surface area contributed by atoms with Crippen molar-refractivity contribution in [2.24, 2.45) is 0 Å². The molecule has 1 aromatic carbocycles. The number of nitrogens with zero attached hydrogens (tertiary/aromatic N) is 5. The van der Waals surface area contributed by atoms with E-state index in [1.54, 1.807) is 18.3 Å². The molecule has 0 bridgehead atoms. The van der Waals surface area contributed by atoms with E-state index in [2.05, 4.69) is 26.8 Å². The van der Waals surface area contributed by atoms with E-state index in [1.807, 2.05) is 48.3 Å². The van der Waals surface area contributed by atoms with Gasteiger partial charge >= 0.3 is 0 Å². The predicted octanol–water partition coefficient (Wildman–Crippen LogP) is 4.14. The fourth-order valence-corrected chi connectivity index (χ4v) is 5.09. The van der Waals surface area contributed by atoms with Gasteiger partial charge in [0.25, 0.3) is 0 Å². The predicted molar refractivity (Wildman–Crippen MR) is 136 cm³/mol. The molecule has 1 saturated heterocycles. The Bertz CT molecular complexity index is 1440. The van der Waals surface area contributed by atoms with Crippen LogP contribution in [0.15, 0.2) is 60.0 Å². The molecule has 0 radical (unpaired) electrons. The molecule has 0 atom stereocenters. The van der Waals surface area contributed by atoms with E-state index in [0.717, 1.165) is 71.9 Å². The van der Waals surface area contributed by atoms with Crippen LogP contribution in [0.3, 0.4) is 0 Å². The van der Waals surface area contributed by atoms with Crippen LogP contribution < -0.4 is 9.64 Å². The van der Waals surface area contributed by atoms with Crippen LogP contribution in [-0.2, 0) is 16.3 Å². The van der Waals surface area contributed by atoms with Crippen molar-refractivity contribution in [3.05, 3.63) is 66.2 Å². The highest BCUT2D eigenvalue weighted by Crippen LogP contribution is 2.27. The molecule has 0 aliphatic carbocycles. The molecule has 4 aromatic rings. The summed E-state index contributed by atoms with van der Waals surface area (Å²) in [7, 11) is -3.26. The number of anilines is 1. The molecule has 0 amide bonds. The average molecular weight is 492 g/mol. The van der Waals surface area contributed by atoms with Crippen LogP contribution in [0.1, 0.15) is 30.9 Å². The van der Waals surface area contributed by atoms with Crippen LogP contribution >= 0.6 is 0 Å². The number of aromatic nitrogens is 4. The number of hydrogen-bond acceptors (Lipinski definition) is 7. The molecule has 5 rings (SSSR count). The zero-order valence-corrected chi connectivity index (χ0v) is 21.0. The average Bonchev–Trinajstić information content (AvgIpc) is 3.20.